The molecule has 23 heavy (non-hydrogen) atoms. The van der Waals surface area contributed by atoms with Crippen LogP contribution in [-0.2, 0) is 9.53 Å². The second-order valence-electron chi connectivity index (χ2n) is 6.49. The highest BCUT2D eigenvalue weighted by molar-refractivity contribution is 5.81. The van der Waals surface area contributed by atoms with Crippen molar-refractivity contribution in [2.24, 2.45) is 0 Å². The van der Waals surface area contributed by atoms with E-state index in [0.717, 1.165) is 26.3 Å². The smallest absolute Gasteiger partial charge is 0.264 e. The maximum Gasteiger partial charge on any atom is 0.264 e. The van der Waals surface area contributed by atoms with Gasteiger partial charge in [0, 0.05) is 25.2 Å². The largest absolute Gasteiger partial charge is 0.485 e. The molecule has 6 nitrogen and oxygen atoms in total. The Morgan fingerprint density at radius 1 is 1.26 bits per heavy atom. The van der Waals surface area contributed by atoms with E-state index < -0.39 is 6.10 Å². The van der Waals surface area contributed by atoms with Gasteiger partial charge in [-0.2, -0.15) is 0 Å². The summed E-state index contributed by atoms with van der Waals surface area (Å²) < 4.78 is 16.7. The third-order valence-corrected chi connectivity index (χ3v) is 4.36. The predicted octanol–water partition coefficient (Wildman–Crippen LogP) is 1.05. The average molecular weight is 320 g/mol. The maximum atomic E-state index is 12.4. The number of nitrogens with zero attached hydrogens (tertiary/aromatic N) is 1. The number of hydrogen-bond donors (Lipinski definition) is 1. The van der Waals surface area contributed by atoms with Gasteiger partial charge in [0.05, 0.1) is 13.2 Å². The second kappa shape index (κ2) is 6.76. The van der Waals surface area contributed by atoms with Crippen LogP contribution in [0.2, 0.25) is 0 Å². The molecule has 1 atom stereocenters. The van der Waals surface area contributed by atoms with E-state index in [9.17, 15) is 4.79 Å². The third kappa shape index (κ3) is 3.76. The molecule has 0 aliphatic carbocycles. The molecule has 0 radical (unpaired) electrons. The van der Waals surface area contributed by atoms with Crippen LogP contribution in [0.5, 0.6) is 11.5 Å². The first-order chi connectivity index (χ1) is 11.1. The van der Waals surface area contributed by atoms with Crippen LogP contribution < -0.4 is 14.8 Å². The van der Waals surface area contributed by atoms with Gasteiger partial charge >= 0.3 is 0 Å². The summed E-state index contributed by atoms with van der Waals surface area (Å²) in [6.45, 7) is 8.33. The van der Waals surface area contributed by atoms with Gasteiger partial charge in [-0.25, -0.2) is 0 Å². The zero-order valence-electron chi connectivity index (χ0n) is 13.7. The highest BCUT2D eigenvalue weighted by atomic mass is 16.6. The fourth-order valence-corrected chi connectivity index (χ4v) is 2.85. The van der Waals surface area contributed by atoms with Gasteiger partial charge < -0.3 is 19.5 Å². The van der Waals surface area contributed by atoms with E-state index in [1.807, 2.05) is 24.3 Å². The van der Waals surface area contributed by atoms with E-state index in [1.165, 1.54) is 0 Å². The molecule has 6 heteroatoms. The first-order valence-corrected chi connectivity index (χ1v) is 8.05. The first kappa shape index (κ1) is 16.1. The number of rotatable bonds is 4. The third-order valence-electron chi connectivity index (χ3n) is 4.36. The summed E-state index contributed by atoms with van der Waals surface area (Å²) in [5.41, 5.74) is -0.118. The Kier molecular flexibility index (Phi) is 4.73. The minimum atomic E-state index is -0.606. The summed E-state index contributed by atoms with van der Waals surface area (Å²) >= 11 is 0. The number of carbonyl (C=O) groups excluding carboxylic acids is 1. The van der Waals surface area contributed by atoms with Gasteiger partial charge in [0.25, 0.3) is 5.91 Å². The molecule has 0 saturated carbocycles. The Bertz CT molecular complexity index is 555. The topological polar surface area (TPSA) is 60.0 Å². The Balaban J connectivity index is 1.53. The van der Waals surface area contributed by atoms with Crippen LogP contribution in [0.4, 0.5) is 0 Å². The van der Waals surface area contributed by atoms with Gasteiger partial charge in [-0.05, 0) is 26.0 Å². The van der Waals surface area contributed by atoms with Crippen molar-refractivity contribution in [3.8, 4) is 11.5 Å². The number of para-hydroxylation sites is 2. The lowest BCUT2D eigenvalue weighted by atomic mass is 10.0. The van der Waals surface area contributed by atoms with E-state index in [2.05, 4.69) is 24.1 Å². The van der Waals surface area contributed by atoms with Crippen LogP contribution in [0.25, 0.3) is 0 Å². The van der Waals surface area contributed by atoms with Crippen molar-refractivity contribution in [2.75, 3.05) is 39.5 Å². The Hall–Kier alpha value is -1.79. The summed E-state index contributed by atoms with van der Waals surface area (Å²) in [6.07, 6.45) is -0.606. The molecular formula is C17H24N2O4. The number of fused-ring (bicyclic) bond motifs is 1. The van der Waals surface area contributed by atoms with Gasteiger partial charge in [0.2, 0.25) is 6.10 Å². The number of morpholine rings is 1. The van der Waals surface area contributed by atoms with Crippen LogP contribution in [-0.4, -0.2) is 61.9 Å². The summed E-state index contributed by atoms with van der Waals surface area (Å²) in [5.74, 6) is 1.16. The molecule has 126 valence electrons. The number of benzene rings is 1. The van der Waals surface area contributed by atoms with Gasteiger partial charge in [-0.1, -0.05) is 12.1 Å². The summed E-state index contributed by atoms with van der Waals surface area (Å²) in [6, 6.07) is 7.40. The molecule has 1 aromatic carbocycles. The lowest BCUT2D eigenvalue weighted by molar-refractivity contribution is -0.131. The Morgan fingerprint density at radius 3 is 2.70 bits per heavy atom. The number of amides is 1. The van der Waals surface area contributed by atoms with Crippen molar-refractivity contribution in [3.05, 3.63) is 24.3 Å². The summed E-state index contributed by atoms with van der Waals surface area (Å²) in [5, 5.41) is 2.99. The molecule has 0 unspecified atom stereocenters. The lowest BCUT2D eigenvalue weighted by Crippen LogP contribution is -2.57. The van der Waals surface area contributed by atoms with E-state index in [1.54, 1.807) is 0 Å². The van der Waals surface area contributed by atoms with Crippen LogP contribution in [0.3, 0.4) is 0 Å². The van der Waals surface area contributed by atoms with Gasteiger partial charge in [-0.15, -0.1) is 0 Å². The van der Waals surface area contributed by atoms with Crippen molar-refractivity contribution in [2.45, 2.75) is 25.5 Å². The lowest BCUT2D eigenvalue weighted by Gasteiger charge is -2.41. The van der Waals surface area contributed by atoms with Crippen molar-refractivity contribution < 1.29 is 19.0 Å². The van der Waals surface area contributed by atoms with Gasteiger partial charge in [-0.3, -0.25) is 9.69 Å². The normalized spacial score (nSPS) is 21.7. The molecule has 1 aromatic rings. The zero-order valence-corrected chi connectivity index (χ0v) is 13.7. The minimum Gasteiger partial charge on any atom is -0.485 e. The molecular weight excluding hydrogens is 296 g/mol. The zero-order chi connectivity index (χ0) is 16.3. The van der Waals surface area contributed by atoms with Gasteiger partial charge in [0.1, 0.15) is 6.61 Å². The summed E-state index contributed by atoms with van der Waals surface area (Å²) in [4.78, 5) is 14.7. The molecule has 1 N–H and O–H groups in total. The minimum absolute atomic E-state index is 0.118. The molecule has 0 spiro atoms. The monoisotopic (exact) mass is 320 g/mol. The number of carbonyl (C=O) groups is 1. The SMILES string of the molecule is CC(C)(CNC(=O)[C@H]1COc2ccccc2O1)N1CCOCC1. The van der Waals surface area contributed by atoms with Crippen LogP contribution >= 0.6 is 0 Å². The molecule has 2 heterocycles. The van der Waals surface area contributed by atoms with Crippen LogP contribution in [0, 0.1) is 0 Å². The maximum absolute atomic E-state index is 12.4. The van der Waals surface area contributed by atoms with E-state index in [0.29, 0.717) is 18.0 Å². The van der Waals surface area contributed by atoms with Gasteiger partial charge in [0.15, 0.2) is 11.5 Å². The Labute approximate surface area is 136 Å². The molecule has 0 bridgehead atoms. The fraction of sp³-hybridized carbons (Fsp3) is 0.588. The molecule has 2 aliphatic rings. The highest BCUT2D eigenvalue weighted by Crippen LogP contribution is 2.30. The molecule has 1 fully saturated rings. The van der Waals surface area contributed by atoms with Crippen molar-refractivity contribution in [1.82, 2.24) is 10.2 Å². The molecule has 2 aliphatic heterocycles. The van der Waals surface area contributed by atoms with Crippen molar-refractivity contribution in [1.29, 1.82) is 0 Å². The average Bonchev–Trinajstić information content (AvgIpc) is 2.60. The number of hydrogen-bond acceptors (Lipinski definition) is 5. The van der Waals surface area contributed by atoms with Crippen molar-refractivity contribution >= 4 is 5.91 Å². The molecule has 3 rings (SSSR count). The molecule has 1 saturated heterocycles. The standard InChI is InChI=1S/C17H24N2O4/c1-17(2,19-7-9-21-10-8-19)12-18-16(20)15-11-22-13-5-3-4-6-14(13)23-15/h3-6,15H,7-12H2,1-2H3,(H,18,20)/t15-/m1/s1. The van der Waals surface area contributed by atoms with Crippen molar-refractivity contribution in [3.63, 3.8) is 0 Å². The quantitative estimate of drug-likeness (QED) is 0.899. The van der Waals surface area contributed by atoms with Crippen LogP contribution in [0.1, 0.15) is 13.8 Å². The number of ether oxygens (including phenoxy) is 3. The summed E-state index contributed by atoms with van der Waals surface area (Å²) in [7, 11) is 0. The second-order valence-corrected chi connectivity index (χ2v) is 6.49. The highest BCUT2D eigenvalue weighted by Gasteiger charge is 2.31. The van der Waals surface area contributed by atoms with E-state index in [-0.39, 0.29) is 18.1 Å². The molecule has 0 aromatic heterocycles. The Morgan fingerprint density at radius 2 is 1.96 bits per heavy atom. The van der Waals surface area contributed by atoms with Crippen LogP contribution in [0.15, 0.2) is 24.3 Å². The van der Waals surface area contributed by atoms with E-state index >= 15 is 0 Å². The fourth-order valence-electron chi connectivity index (χ4n) is 2.85. The number of nitrogens with one attached hydrogen (secondary N) is 1. The van der Waals surface area contributed by atoms with E-state index in [4.69, 9.17) is 14.2 Å². The molecule has 1 amide bonds. The first-order valence-electron chi connectivity index (χ1n) is 8.05. The predicted molar refractivity (Wildman–Crippen MR) is 85.8 cm³/mol.